The quantitative estimate of drug-likeness (QED) is 0.843. The molecule has 1 aliphatic heterocycles. The van der Waals surface area contributed by atoms with Crippen molar-refractivity contribution >= 4 is 55.1 Å². The summed E-state index contributed by atoms with van der Waals surface area (Å²) in [5, 5.41) is 2.59. The van der Waals surface area contributed by atoms with Gasteiger partial charge in [-0.1, -0.05) is 0 Å². The highest BCUT2D eigenvalue weighted by Crippen LogP contribution is 2.32. The Hall–Kier alpha value is -0.400. The second kappa shape index (κ2) is 4.23. The summed E-state index contributed by atoms with van der Waals surface area (Å²) in [6.07, 6.45) is 0. The van der Waals surface area contributed by atoms with Crippen LogP contribution in [-0.4, -0.2) is 29.9 Å². The summed E-state index contributed by atoms with van der Waals surface area (Å²) in [5.41, 5.74) is 0.518. The first-order chi connectivity index (χ1) is 7.09. The van der Waals surface area contributed by atoms with E-state index in [9.17, 15) is 9.59 Å². The highest BCUT2D eigenvalue weighted by molar-refractivity contribution is 9.12. The van der Waals surface area contributed by atoms with Crippen LogP contribution >= 0.6 is 43.2 Å². The smallest absolute Gasteiger partial charge is 0.324 e. The molecule has 1 aromatic rings. The molecule has 1 N–H and O–H groups in total. The summed E-state index contributed by atoms with van der Waals surface area (Å²) < 4.78 is 1.59. The van der Waals surface area contributed by atoms with Gasteiger partial charge in [0.05, 0.1) is 13.1 Å². The van der Waals surface area contributed by atoms with Crippen molar-refractivity contribution in [2.75, 3.05) is 13.1 Å². The number of carbonyl (C=O) groups is 2. The van der Waals surface area contributed by atoms with E-state index in [1.807, 2.05) is 0 Å². The standard InChI is InChI=1S/C8H6Br2N2O2S/c9-5-3-4(6(10)15-5)7(13)12-2-1-11-8(12)14/h3H,1-2H2,(H,11,14). The number of thiophene rings is 1. The molecule has 0 saturated carbocycles. The van der Waals surface area contributed by atoms with E-state index in [2.05, 4.69) is 37.2 Å². The second-order valence-electron chi connectivity index (χ2n) is 2.93. The molecule has 0 aliphatic carbocycles. The molecular weight excluding hydrogens is 348 g/mol. The van der Waals surface area contributed by atoms with Crippen LogP contribution in [0.5, 0.6) is 0 Å². The van der Waals surface area contributed by atoms with E-state index in [1.165, 1.54) is 16.2 Å². The monoisotopic (exact) mass is 352 g/mol. The van der Waals surface area contributed by atoms with Crippen LogP contribution in [0, 0.1) is 0 Å². The second-order valence-corrected chi connectivity index (χ2v) is 6.68. The SMILES string of the molecule is O=C1NCCN1C(=O)c1cc(Br)sc1Br. The molecule has 1 aromatic heterocycles. The van der Waals surface area contributed by atoms with E-state index in [1.54, 1.807) is 6.07 Å². The molecule has 0 aromatic carbocycles. The van der Waals surface area contributed by atoms with E-state index in [0.29, 0.717) is 18.7 Å². The van der Waals surface area contributed by atoms with Crippen molar-refractivity contribution in [3.8, 4) is 0 Å². The lowest BCUT2D eigenvalue weighted by molar-refractivity contribution is 0.0829. The minimum absolute atomic E-state index is 0.265. The summed E-state index contributed by atoms with van der Waals surface area (Å²) in [6, 6.07) is 1.39. The number of rotatable bonds is 1. The summed E-state index contributed by atoms with van der Waals surface area (Å²) in [6.45, 7) is 0.949. The molecule has 0 spiro atoms. The van der Waals surface area contributed by atoms with Crippen LogP contribution in [0.1, 0.15) is 10.4 Å². The average Bonchev–Trinajstić information content (AvgIpc) is 2.71. The Balaban J connectivity index is 2.28. The average molecular weight is 354 g/mol. The first-order valence-electron chi connectivity index (χ1n) is 4.14. The predicted octanol–water partition coefficient (Wildman–Crippen LogP) is 2.44. The summed E-state index contributed by atoms with van der Waals surface area (Å²) in [5.74, 6) is -0.265. The van der Waals surface area contributed by atoms with Crippen molar-refractivity contribution in [1.29, 1.82) is 0 Å². The Kier molecular flexibility index (Phi) is 3.13. The number of amides is 3. The van der Waals surface area contributed by atoms with Gasteiger partial charge in [0.1, 0.15) is 0 Å². The molecule has 0 atom stereocenters. The zero-order valence-electron chi connectivity index (χ0n) is 7.42. The van der Waals surface area contributed by atoms with Gasteiger partial charge in [0.2, 0.25) is 0 Å². The number of urea groups is 1. The molecule has 1 saturated heterocycles. The van der Waals surface area contributed by atoms with Crippen LogP contribution in [0.4, 0.5) is 4.79 Å². The number of hydrogen-bond donors (Lipinski definition) is 1. The summed E-state index contributed by atoms with van der Waals surface area (Å²) in [4.78, 5) is 24.4. The van der Waals surface area contributed by atoms with E-state index < -0.39 is 0 Å². The molecule has 80 valence electrons. The van der Waals surface area contributed by atoms with Crippen molar-refractivity contribution in [3.05, 3.63) is 19.2 Å². The lowest BCUT2D eigenvalue weighted by atomic mass is 10.3. The van der Waals surface area contributed by atoms with Crippen LogP contribution in [0.2, 0.25) is 0 Å². The van der Waals surface area contributed by atoms with Gasteiger partial charge in [0, 0.05) is 13.1 Å². The summed E-state index contributed by atoms with van der Waals surface area (Å²) in [7, 11) is 0. The molecule has 1 aliphatic rings. The van der Waals surface area contributed by atoms with Gasteiger partial charge >= 0.3 is 6.03 Å². The zero-order chi connectivity index (χ0) is 11.0. The molecule has 15 heavy (non-hydrogen) atoms. The predicted molar refractivity (Wildman–Crippen MR) is 64.2 cm³/mol. The first kappa shape index (κ1) is 11.1. The lowest BCUT2D eigenvalue weighted by Gasteiger charge is -2.10. The van der Waals surface area contributed by atoms with Crippen LogP contribution in [0.25, 0.3) is 0 Å². The maximum absolute atomic E-state index is 11.9. The Morgan fingerprint density at radius 2 is 2.27 bits per heavy atom. The molecular formula is C8H6Br2N2O2S. The third kappa shape index (κ3) is 2.09. The van der Waals surface area contributed by atoms with E-state index in [4.69, 9.17) is 0 Å². The van der Waals surface area contributed by atoms with E-state index in [-0.39, 0.29) is 11.9 Å². The van der Waals surface area contributed by atoms with Crippen molar-refractivity contribution in [3.63, 3.8) is 0 Å². The molecule has 0 unspecified atom stereocenters. The molecule has 2 heterocycles. The molecule has 3 amide bonds. The van der Waals surface area contributed by atoms with E-state index in [0.717, 1.165) is 7.57 Å². The van der Waals surface area contributed by atoms with Gasteiger partial charge in [-0.05, 0) is 37.9 Å². The van der Waals surface area contributed by atoms with Gasteiger partial charge in [-0.3, -0.25) is 9.69 Å². The van der Waals surface area contributed by atoms with Crippen molar-refractivity contribution in [2.45, 2.75) is 0 Å². The Labute approximate surface area is 107 Å². The number of halogens is 2. The fraction of sp³-hybridized carbons (Fsp3) is 0.250. The molecule has 1 fully saturated rings. The maximum atomic E-state index is 11.9. The number of hydrogen-bond acceptors (Lipinski definition) is 3. The van der Waals surface area contributed by atoms with E-state index >= 15 is 0 Å². The lowest BCUT2D eigenvalue weighted by Crippen LogP contribution is -2.34. The highest BCUT2D eigenvalue weighted by atomic mass is 79.9. The molecule has 7 heteroatoms. The third-order valence-electron chi connectivity index (χ3n) is 1.99. The van der Waals surface area contributed by atoms with Gasteiger partial charge in [-0.25, -0.2) is 4.79 Å². The maximum Gasteiger partial charge on any atom is 0.324 e. The van der Waals surface area contributed by atoms with Gasteiger partial charge in [-0.15, -0.1) is 11.3 Å². The van der Waals surface area contributed by atoms with Crippen LogP contribution < -0.4 is 5.32 Å². The fourth-order valence-corrected chi connectivity index (χ4v) is 4.07. The van der Waals surface area contributed by atoms with Crippen LogP contribution in [0.3, 0.4) is 0 Å². The van der Waals surface area contributed by atoms with Gasteiger partial charge in [0.25, 0.3) is 5.91 Å². The Bertz CT molecular complexity index is 432. The zero-order valence-corrected chi connectivity index (χ0v) is 11.4. The minimum Gasteiger partial charge on any atom is -0.336 e. The van der Waals surface area contributed by atoms with Crippen LogP contribution in [-0.2, 0) is 0 Å². The number of nitrogens with zero attached hydrogens (tertiary/aromatic N) is 1. The normalized spacial score (nSPS) is 15.6. The first-order valence-corrected chi connectivity index (χ1v) is 6.54. The Morgan fingerprint density at radius 3 is 2.73 bits per heavy atom. The van der Waals surface area contributed by atoms with Crippen molar-refractivity contribution < 1.29 is 9.59 Å². The molecule has 2 rings (SSSR count). The number of imide groups is 1. The van der Waals surface area contributed by atoms with Gasteiger partial charge in [0.15, 0.2) is 0 Å². The minimum atomic E-state index is -0.325. The number of carbonyl (C=O) groups excluding carboxylic acids is 2. The third-order valence-corrected chi connectivity index (χ3v) is 4.33. The highest BCUT2D eigenvalue weighted by Gasteiger charge is 2.29. The molecule has 0 bridgehead atoms. The van der Waals surface area contributed by atoms with Crippen molar-refractivity contribution in [2.24, 2.45) is 0 Å². The van der Waals surface area contributed by atoms with Gasteiger partial charge < -0.3 is 5.32 Å². The molecule has 4 nitrogen and oxygen atoms in total. The number of nitrogens with one attached hydrogen (secondary N) is 1. The fourth-order valence-electron chi connectivity index (χ4n) is 1.30. The van der Waals surface area contributed by atoms with Crippen molar-refractivity contribution in [1.82, 2.24) is 10.2 Å². The van der Waals surface area contributed by atoms with Gasteiger partial charge in [-0.2, -0.15) is 0 Å². The summed E-state index contributed by atoms with van der Waals surface area (Å²) >= 11 is 8.00. The Morgan fingerprint density at radius 1 is 1.53 bits per heavy atom. The van der Waals surface area contributed by atoms with Crippen LogP contribution in [0.15, 0.2) is 13.6 Å². The molecule has 0 radical (unpaired) electrons. The largest absolute Gasteiger partial charge is 0.336 e. The topological polar surface area (TPSA) is 49.4 Å².